The molecule has 1 aromatic carbocycles. The van der Waals surface area contributed by atoms with Gasteiger partial charge in [0.2, 0.25) is 5.29 Å². The van der Waals surface area contributed by atoms with Gasteiger partial charge in [-0.3, -0.25) is 0 Å². The van der Waals surface area contributed by atoms with Crippen molar-refractivity contribution in [2.45, 2.75) is 11.8 Å². The van der Waals surface area contributed by atoms with E-state index in [4.69, 9.17) is 11.6 Å². The number of rotatable bonds is 0. The highest BCUT2D eigenvalue weighted by molar-refractivity contribution is 9.10. The van der Waals surface area contributed by atoms with Gasteiger partial charge in [0.15, 0.2) is 0 Å². The maximum absolute atomic E-state index is 11.7. The molecule has 1 aliphatic rings. The van der Waals surface area contributed by atoms with Crippen molar-refractivity contribution in [3.05, 3.63) is 23.8 Å². The molecule has 0 radical (unpaired) electrons. The summed E-state index contributed by atoms with van der Waals surface area (Å²) in [6.45, 7) is 1.81. The molecule has 0 saturated heterocycles. The van der Waals surface area contributed by atoms with Crippen LogP contribution in [0.4, 0.5) is 5.69 Å². The fourth-order valence-corrected chi connectivity index (χ4v) is 3.38. The van der Waals surface area contributed by atoms with Gasteiger partial charge in [0.05, 0.1) is 21.8 Å². The Morgan fingerprint density at radius 3 is 2.80 bits per heavy atom. The van der Waals surface area contributed by atoms with Crippen LogP contribution in [-0.2, 0) is 10.0 Å². The number of hydrogen-bond donors (Lipinski definition) is 0. The molecule has 0 atom stereocenters. The minimum Gasteiger partial charge on any atom is -0.249 e. The van der Waals surface area contributed by atoms with Crippen LogP contribution in [0, 0.1) is 6.92 Å². The molecular weight excluding hydrogens is 304 g/mol. The van der Waals surface area contributed by atoms with Crippen LogP contribution in [0.2, 0.25) is 0 Å². The quantitative estimate of drug-likeness (QED) is 0.546. The van der Waals surface area contributed by atoms with Gasteiger partial charge in [-0.1, -0.05) is 6.07 Å². The van der Waals surface area contributed by atoms with Gasteiger partial charge in [-0.2, -0.15) is 8.42 Å². The molecule has 0 saturated carbocycles. The molecular formula is C8H6BrClN2O2S. The first-order chi connectivity index (χ1) is 6.92. The van der Waals surface area contributed by atoms with Crippen molar-refractivity contribution in [1.29, 1.82) is 0 Å². The van der Waals surface area contributed by atoms with Gasteiger partial charge in [-0.15, -0.1) is 4.40 Å². The van der Waals surface area contributed by atoms with E-state index in [1.165, 1.54) is 3.93 Å². The maximum atomic E-state index is 11.7. The average Bonchev–Trinajstić information content (AvgIpc) is 2.14. The van der Waals surface area contributed by atoms with Gasteiger partial charge in [0.25, 0.3) is 10.0 Å². The molecule has 0 spiro atoms. The maximum Gasteiger partial charge on any atom is 0.287 e. The summed E-state index contributed by atoms with van der Waals surface area (Å²) in [4.78, 5) is 0.156. The minimum absolute atomic E-state index is 0.119. The number of anilines is 1. The third-order valence-electron chi connectivity index (χ3n) is 1.96. The highest BCUT2D eigenvalue weighted by Gasteiger charge is 2.28. The van der Waals surface area contributed by atoms with Crippen LogP contribution in [0.3, 0.4) is 0 Å². The van der Waals surface area contributed by atoms with E-state index in [0.29, 0.717) is 5.69 Å². The number of aryl methyl sites for hydroxylation is 1. The third-order valence-corrected chi connectivity index (χ3v) is 4.53. The summed E-state index contributed by atoms with van der Waals surface area (Å²) in [7, 11) is -3.66. The smallest absolute Gasteiger partial charge is 0.249 e. The van der Waals surface area contributed by atoms with Gasteiger partial charge in [0.1, 0.15) is 4.90 Å². The van der Waals surface area contributed by atoms with Crippen molar-refractivity contribution in [3.8, 4) is 0 Å². The molecule has 80 valence electrons. The monoisotopic (exact) mass is 308 g/mol. The van der Waals surface area contributed by atoms with E-state index in [0.717, 1.165) is 5.56 Å². The summed E-state index contributed by atoms with van der Waals surface area (Å²) < 4.78 is 28.1. The highest BCUT2D eigenvalue weighted by atomic mass is 79.9. The number of amidine groups is 1. The number of nitrogens with zero attached hydrogens (tertiary/aromatic N) is 2. The predicted octanol–water partition coefficient (Wildman–Crippen LogP) is 2.41. The predicted molar refractivity (Wildman–Crippen MR) is 63.1 cm³/mol. The third kappa shape index (κ3) is 1.77. The summed E-state index contributed by atoms with van der Waals surface area (Å²) in [6, 6.07) is 5.04. The van der Waals surface area contributed by atoms with Crippen molar-refractivity contribution >= 4 is 48.8 Å². The van der Waals surface area contributed by atoms with Crippen LogP contribution in [0.25, 0.3) is 0 Å². The molecule has 1 heterocycles. The molecule has 7 heteroatoms. The van der Waals surface area contributed by atoms with Crippen LogP contribution >= 0.6 is 27.7 Å². The van der Waals surface area contributed by atoms with E-state index in [2.05, 4.69) is 20.5 Å². The fraction of sp³-hybridized carbons (Fsp3) is 0.125. The Kier molecular flexibility index (Phi) is 2.52. The minimum atomic E-state index is -3.66. The summed E-state index contributed by atoms with van der Waals surface area (Å²) in [5, 5.41) is -0.119. The van der Waals surface area contributed by atoms with Gasteiger partial charge in [-0.05, 0) is 36.2 Å². The fourth-order valence-electron chi connectivity index (χ4n) is 1.27. The van der Waals surface area contributed by atoms with Crippen molar-refractivity contribution in [3.63, 3.8) is 0 Å². The van der Waals surface area contributed by atoms with E-state index in [1.54, 1.807) is 18.2 Å². The molecule has 2 rings (SSSR count). The number of sulfonamides is 1. The summed E-state index contributed by atoms with van der Waals surface area (Å²) >= 11 is 8.80. The van der Waals surface area contributed by atoms with Crippen LogP contribution in [-0.4, -0.2) is 13.7 Å². The second-order valence-electron chi connectivity index (χ2n) is 3.09. The number of halogens is 2. The summed E-state index contributed by atoms with van der Waals surface area (Å²) in [5.74, 6) is 0. The van der Waals surface area contributed by atoms with E-state index in [1.807, 2.05) is 6.92 Å². The van der Waals surface area contributed by atoms with Gasteiger partial charge < -0.3 is 0 Å². The van der Waals surface area contributed by atoms with Crippen molar-refractivity contribution in [2.24, 2.45) is 4.40 Å². The molecule has 0 aliphatic carbocycles. The van der Waals surface area contributed by atoms with Crippen molar-refractivity contribution in [2.75, 3.05) is 3.93 Å². The van der Waals surface area contributed by atoms with Gasteiger partial charge in [0, 0.05) is 0 Å². The molecule has 1 aliphatic heterocycles. The molecule has 4 nitrogen and oxygen atoms in total. The average molecular weight is 310 g/mol. The summed E-state index contributed by atoms with van der Waals surface area (Å²) in [5.41, 5.74) is 1.33. The second kappa shape index (κ2) is 3.47. The first kappa shape index (κ1) is 10.9. The lowest BCUT2D eigenvalue weighted by molar-refractivity contribution is 0.597. The Hall–Kier alpha value is -0.590. The lowest BCUT2D eigenvalue weighted by atomic mass is 10.2. The first-order valence-corrected chi connectivity index (χ1v) is 6.51. The van der Waals surface area contributed by atoms with E-state index in [9.17, 15) is 8.42 Å². The van der Waals surface area contributed by atoms with Gasteiger partial charge >= 0.3 is 0 Å². The lowest BCUT2D eigenvalue weighted by Gasteiger charge is -2.21. The van der Waals surface area contributed by atoms with Gasteiger partial charge in [-0.25, -0.2) is 3.93 Å². The first-order valence-electron chi connectivity index (χ1n) is 3.99. The Morgan fingerprint density at radius 2 is 2.13 bits per heavy atom. The van der Waals surface area contributed by atoms with Crippen molar-refractivity contribution < 1.29 is 8.42 Å². The normalized spacial score (nSPS) is 18.3. The Bertz CT molecular complexity index is 556. The molecule has 0 aromatic heterocycles. The number of benzene rings is 1. The summed E-state index contributed by atoms with van der Waals surface area (Å²) in [6.07, 6.45) is 0. The largest absolute Gasteiger partial charge is 0.287 e. The zero-order valence-electron chi connectivity index (χ0n) is 7.61. The molecule has 0 unspecified atom stereocenters. The molecule has 0 bridgehead atoms. The zero-order chi connectivity index (χ0) is 11.2. The van der Waals surface area contributed by atoms with Crippen molar-refractivity contribution in [1.82, 2.24) is 0 Å². The highest BCUT2D eigenvalue weighted by Crippen LogP contribution is 2.34. The number of fused-ring (bicyclic) bond motifs is 1. The SMILES string of the molecule is Cc1ccc2c(c1)S(=O)(=O)N=C(Cl)N2Br. The topological polar surface area (TPSA) is 49.7 Å². The molecule has 15 heavy (non-hydrogen) atoms. The number of hydrogen-bond acceptors (Lipinski definition) is 3. The Morgan fingerprint density at radius 1 is 1.47 bits per heavy atom. The zero-order valence-corrected chi connectivity index (χ0v) is 10.8. The molecule has 0 N–H and O–H groups in total. The molecule has 1 aromatic rings. The lowest BCUT2D eigenvalue weighted by Crippen LogP contribution is -2.23. The molecule has 0 amide bonds. The van der Waals surface area contributed by atoms with Crippen LogP contribution in [0.5, 0.6) is 0 Å². The van der Waals surface area contributed by atoms with E-state index in [-0.39, 0.29) is 10.2 Å². The Labute approximate surface area is 101 Å². The van der Waals surface area contributed by atoms with E-state index < -0.39 is 10.0 Å². The van der Waals surface area contributed by atoms with Crippen LogP contribution in [0.15, 0.2) is 27.5 Å². The standard InChI is InChI=1S/C8H6BrClN2O2S/c1-5-2-3-6-7(4-5)15(13,14)11-8(10)12(6)9/h2-4H,1H3. The van der Waals surface area contributed by atoms with Crippen LogP contribution in [0.1, 0.15) is 5.56 Å². The second-order valence-corrected chi connectivity index (χ2v) is 5.71. The van der Waals surface area contributed by atoms with E-state index >= 15 is 0 Å². The Balaban J connectivity index is 2.78. The van der Waals surface area contributed by atoms with Crippen LogP contribution < -0.4 is 3.93 Å². The molecule has 0 fully saturated rings.